The van der Waals surface area contributed by atoms with Crippen LogP contribution in [-0.2, 0) is 35.5 Å². The molecule has 1 aliphatic heterocycles. The molecule has 0 aliphatic carbocycles. The summed E-state index contributed by atoms with van der Waals surface area (Å²) in [7, 11) is -2.57. The van der Waals surface area contributed by atoms with Crippen LogP contribution in [0.5, 0.6) is 0 Å². The summed E-state index contributed by atoms with van der Waals surface area (Å²) in [6.07, 6.45) is 0.0314. The summed E-state index contributed by atoms with van der Waals surface area (Å²) in [5.41, 5.74) is 1.62. The third-order valence-electron chi connectivity index (χ3n) is 4.73. The molecule has 0 amide bonds. The maximum absolute atomic E-state index is 13.1. The number of methoxy groups -OCH3 is 1. The van der Waals surface area contributed by atoms with Gasteiger partial charge in [-0.1, -0.05) is 59.7 Å². The number of hydrogen-bond acceptors (Lipinski definition) is 5. The lowest BCUT2D eigenvalue weighted by molar-refractivity contribution is -0.142. The van der Waals surface area contributed by atoms with Crippen LogP contribution in [0.4, 0.5) is 0 Å². The molecule has 6 nitrogen and oxygen atoms in total. The molecule has 0 N–H and O–H groups in total. The quantitative estimate of drug-likeness (QED) is 0.560. The Morgan fingerprint density at radius 3 is 2.48 bits per heavy atom. The molecule has 3 atom stereocenters. The third-order valence-corrected chi connectivity index (χ3v) is 6.68. The molecule has 0 spiro atoms. The highest BCUT2D eigenvalue weighted by molar-refractivity contribution is 7.95. The number of nitrogens with zero attached hydrogens (tertiary/aromatic N) is 1. The van der Waals surface area contributed by atoms with E-state index in [-0.39, 0.29) is 11.4 Å². The van der Waals surface area contributed by atoms with Gasteiger partial charge in [0.05, 0.1) is 19.8 Å². The van der Waals surface area contributed by atoms with Crippen molar-refractivity contribution in [2.24, 2.45) is 0 Å². The molecule has 0 saturated carbocycles. The van der Waals surface area contributed by atoms with E-state index in [1.165, 1.54) is 11.4 Å². The molecule has 2 aromatic carbocycles. The van der Waals surface area contributed by atoms with Gasteiger partial charge in [-0.25, -0.2) is 0 Å². The Kier molecular flexibility index (Phi) is 6.06. The summed E-state index contributed by atoms with van der Waals surface area (Å²) < 4.78 is 38.3. The minimum absolute atomic E-state index is 0.177. The molecule has 7 heteroatoms. The van der Waals surface area contributed by atoms with E-state index < -0.39 is 28.5 Å². The third kappa shape index (κ3) is 3.96. The molecule has 0 fully saturated rings. The van der Waals surface area contributed by atoms with Gasteiger partial charge in [0.1, 0.15) is 12.6 Å². The molecule has 27 heavy (non-hydrogen) atoms. The fourth-order valence-corrected chi connectivity index (χ4v) is 5.26. The van der Waals surface area contributed by atoms with E-state index >= 15 is 0 Å². The predicted octanol–water partition coefficient (Wildman–Crippen LogP) is 3.12. The van der Waals surface area contributed by atoms with Gasteiger partial charge < -0.3 is 14.0 Å². The van der Waals surface area contributed by atoms with Crippen LogP contribution < -0.4 is 0 Å². The lowest BCUT2D eigenvalue weighted by Gasteiger charge is -2.41. The first-order valence-electron chi connectivity index (χ1n) is 8.82. The standard InChI is InChI=1S/C20H23NO5S/c1-3-17-20(26-14-15-9-5-4-6-10-15)16-11-7-8-12-18(16)27(23,24)21(17)13-19(22)25-2/h4-12,17,20H,3,13-14H2,1-2H3/t17-,20+/m1/s1. The minimum Gasteiger partial charge on any atom is -0.593 e. The molecule has 0 bridgehead atoms. The number of carbonyl (C=O) groups excluding carboxylic acids is 1. The van der Waals surface area contributed by atoms with Crippen molar-refractivity contribution in [1.29, 1.82) is 0 Å². The molecular weight excluding hydrogens is 366 g/mol. The van der Waals surface area contributed by atoms with E-state index in [4.69, 9.17) is 9.47 Å². The molecule has 0 saturated heterocycles. The maximum atomic E-state index is 13.1. The van der Waals surface area contributed by atoms with Gasteiger partial charge in [0, 0.05) is 5.56 Å². The fourth-order valence-electron chi connectivity index (χ4n) is 3.39. The molecule has 3 rings (SSSR count). The molecule has 1 aliphatic rings. The van der Waals surface area contributed by atoms with Crippen molar-refractivity contribution in [3.05, 3.63) is 65.7 Å². The molecule has 0 aromatic heterocycles. The number of esters is 1. The van der Waals surface area contributed by atoms with E-state index in [0.29, 0.717) is 18.6 Å². The SMILES string of the molecule is CC[C@@H]1[C@@H](OCc2ccccc2)c2ccccc2[S+](=O)([O-])N1CC(=O)OC. The van der Waals surface area contributed by atoms with E-state index in [1.54, 1.807) is 24.3 Å². The largest absolute Gasteiger partial charge is 0.593 e. The maximum Gasteiger partial charge on any atom is 0.324 e. The van der Waals surface area contributed by atoms with Gasteiger partial charge in [-0.2, -0.15) is 0 Å². The van der Waals surface area contributed by atoms with Gasteiger partial charge in [0.2, 0.25) is 0 Å². The fraction of sp³-hybridized carbons (Fsp3) is 0.350. The predicted molar refractivity (Wildman–Crippen MR) is 100 cm³/mol. The van der Waals surface area contributed by atoms with E-state index in [0.717, 1.165) is 5.56 Å². The Morgan fingerprint density at radius 2 is 1.81 bits per heavy atom. The van der Waals surface area contributed by atoms with Gasteiger partial charge in [0.25, 0.3) is 0 Å². The zero-order chi connectivity index (χ0) is 19.4. The normalized spacial score (nSPS) is 25.0. The van der Waals surface area contributed by atoms with E-state index in [9.17, 15) is 13.6 Å². The van der Waals surface area contributed by atoms with Crippen LogP contribution in [0.2, 0.25) is 0 Å². The zero-order valence-corrected chi connectivity index (χ0v) is 16.2. The summed E-state index contributed by atoms with van der Waals surface area (Å²) in [6.45, 7) is 1.90. The molecular formula is C20H23NO5S. The summed E-state index contributed by atoms with van der Waals surface area (Å²) in [5.74, 6) is -0.599. The number of benzene rings is 2. The Morgan fingerprint density at radius 1 is 1.15 bits per heavy atom. The van der Waals surface area contributed by atoms with Crippen LogP contribution in [0, 0.1) is 0 Å². The first-order chi connectivity index (χ1) is 13.0. The summed E-state index contributed by atoms with van der Waals surface area (Å²) in [5, 5.41) is 0. The second kappa shape index (κ2) is 8.31. The lowest BCUT2D eigenvalue weighted by atomic mass is 9.99. The van der Waals surface area contributed by atoms with Gasteiger partial charge >= 0.3 is 5.97 Å². The van der Waals surface area contributed by atoms with Crippen molar-refractivity contribution in [3.63, 3.8) is 0 Å². The van der Waals surface area contributed by atoms with E-state index in [1.807, 2.05) is 37.3 Å². The monoisotopic (exact) mass is 389 g/mol. The Labute approximate surface area is 160 Å². The van der Waals surface area contributed by atoms with Gasteiger partial charge in [-0.05, 0) is 18.1 Å². The zero-order valence-electron chi connectivity index (χ0n) is 15.4. The van der Waals surface area contributed by atoms with Crippen molar-refractivity contribution in [1.82, 2.24) is 4.31 Å². The number of ether oxygens (including phenoxy) is 2. The topological polar surface area (TPSA) is 78.9 Å². The highest BCUT2D eigenvalue weighted by atomic mass is 32.3. The highest BCUT2D eigenvalue weighted by Gasteiger charge is 2.49. The molecule has 1 unspecified atom stereocenters. The van der Waals surface area contributed by atoms with Gasteiger partial charge in [0.15, 0.2) is 15.3 Å². The van der Waals surface area contributed by atoms with E-state index in [2.05, 4.69) is 0 Å². The number of hydrogen-bond donors (Lipinski definition) is 0. The minimum atomic E-state index is -3.81. The van der Waals surface area contributed by atoms with Crippen LogP contribution in [-0.4, -0.2) is 34.5 Å². The van der Waals surface area contributed by atoms with Crippen LogP contribution in [0.25, 0.3) is 0 Å². The lowest BCUT2D eigenvalue weighted by Crippen LogP contribution is -2.53. The number of sulfonamides is 1. The average molecular weight is 389 g/mol. The summed E-state index contributed by atoms with van der Waals surface area (Å²) in [4.78, 5) is 12.0. The number of rotatable bonds is 6. The van der Waals surface area contributed by atoms with Crippen LogP contribution >= 0.6 is 0 Å². The molecule has 2 aromatic rings. The van der Waals surface area contributed by atoms with Crippen molar-refractivity contribution in [3.8, 4) is 0 Å². The van der Waals surface area contributed by atoms with Crippen molar-refractivity contribution >= 4 is 16.4 Å². The summed E-state index contributed by atoms with van der Waals surface area (Å²) >= 11 is 0. The second-order valence-corrected chi connectivity index (χ2v) is 8.22. The van der Waals surface area contributed by atoms with Crippen molar-refractivity contribution in [2.45, 2.75) is 37.0 Å². The first-order valence-corrected chi connectivity index (χ1v) is 10.3. The van der Waals surface area contributed by atoms with Crippen LogP contribution in [0.1, 0.15) is 30.6 Å². The Hall–Kier alpha value is -2.06. The van der Waals surface area contributed by atoms with Crippen LogP contribution in [0.3, 0.4) is 0 Å². The summed E-state index contributed by atoms with van der Waals surface area (Å²) in [6, 6.07) is 16.0. The first kappa shape index (κ1) is 19.7. The average Bonchev–Trinajstić information content (AvgIpc) is 2.69. The van der Waals surface area contributed by atoms with Crippen molar-refractivity contribution < 1.29 is 23.0 Å². The smallest absolute Gasteiger partial charge is 0.324 e. The Balaban J connectivity index is 1.99. The molecule has 0 radical (unpaired) electrons. The Bertz CT molecular complexity index is 841. The van der Waals surface area contributed by atoms with Gasteiger partial charge in [-0.15, -0.1) is 4.31 Å². The van der Waals surface area contributed by atoms with Crippen LogP contribution in [0.15, 0.2) is 59.5 Å². The van der Waals surface area contributed by atoms with Gasteiger partial charge in [-0.3, -0.25) is 4.79 Å². The molecule has 144 valence electrons. The second-order valence-electron chi connectivity index (χ2n) is 6.36. The molecule has 1 heterocycles. The number of carbonyl (C=O) groups is 1. The van der Waals surface area contributed by atoms with Crippen molar-refractivity contribution in [2.75, 3.05) is 13.7 Å². The number of fused-ring (bicyclic) bond motifs is 1. The highest BCUT2D eigenvalue weighted by Crippen LogP contribution is 2.42.